The van der Waals surface area contributed by atoms with Gasteiger partial charge >= 0.3 is 0 Å². The summed E-state index contributed by atoms with van der Waals surface area (Å²) in [5.41, 5.74) is 23.5. The van der Waals surface area contributed by atoms with Gasteiger partial charge in [-0.15, -0.1) is 0 Å². The van der Waals surface area contributed by atoms with E-state index < -0.39 is 5.41 Å². The van der Waals surface area contributed by atoms with Gasteiger partial charge < -0.3 is 9.47 Å². The Balaban J connectivity index is 0.812. The highest BCUT2D eigenvalue weighted by Crippen LogP contribution is 2.57. The second-order valence-corrected chi connectivity index (χ2v) is 20.8. The molecule has 0 saturated carbocycles. The van der Waals surface area contributed by atoms with Crippen molar-refractivity contribution in [2.75, 3.05) is 4.90 Å². The molecule has 0 amide bonds. The fourth-order valence-electron chi connectivity index (χ4n) is 12.7. The van der Waals surface area contributed by atoms with Crippen molar-refractivity contribution in [2.45, 2.75) is 5.41 Å². The summed E-state index contributed by atoms with van der Waals surface area (Å²) >= 11 is 0. The summed E-state index contributed by atoms with van der Waals surface area (Å²) in [5.74, 6) is 0. The maximum Gasteiger partial charge on any atom is 0.0713 e. The Kier molecular flexibility index (Phi) is 11.1. The van der Waals surface area contributed by atoms with Gasteiger partial charge in [-0.25, -0.2) is 0 Å². The van der Waals surface area contributed by atoms with E-state index in [4.69, 9.17) is 0 Å². The van der Waals surface area contributed by atoms with Gasteiger partial charge in [0, 0.05) is 33.5 Å². The van der Waals surface area contributed by atoms with Crippen LogP contribution in [0.4, 0.5) is 17.1 Å². The number of benzene rings is 13. The van der Waals surface area contributed by atoms with Crippen LogP contribution in [0.1, 0.15) is 22.3 Å². The zero-order valence-corrected chi connectivity index (χ0v) is 43.4. The van der Waals surface area contributed by atoms with Crippen molar-refractivity contribution in [1.82, 2.24) is 4.57 Å². The van der Waals surface area contributed by atoms with Gasteiger partial charge in [0.1, 0.15) is 0 Å². The van der Waals surface area contributed by atoms with Gasteiger partial charge in [0.15, 0.2) is 0 Å². The third-order valence-electron chi connectivity index (χ3n) is 16.5. The normalized spacial score (nSPS) is 12.4. The zero-order chi connectivity index (χ0) is 52.3. The van der Waals surface area contributed by atoms with Crippen molar-refractivity contribution in [3.05, 3.63) is 338 Å². The minimum atomic E-state index is -0.468. The largest absolute Gasteiger partial charge is 0.311 e. The highest BCUT2D eigenvalue weighted by Gasteiger charge is 2.46. The second kappa shape index (κ2) is 19.1. The molecule has 1 aromatic heterocycles. The Morgan fingerprint density at radius 2 is 0.709 bits per heavy atom. The summed E-state index contributed by atoms with van der Waals surface area (Å²) in [4.78, 5) is 2.38. The van der Waals surface area contributed by atoms with Crippen molar-refractivity contribution in [3.8, 4) is 61.3 Å². The van der Waals surface area contributed by atoms with Crippen LogP contribution in [0.5, 0.6) is 0 Å². The molecule has 2 heteroatoms. The molecule has 0 saturated heterocycles. The van der Waals surface area contributed by atoms with Crippen molar-refractivity contribution < 1.29 is 0 Å². The minimum Gasteiger partial charge on any atom is -0.311 e. The lowest BCUT2D eigenvalue weighted by molar-refractivity contribution is 0.769. The van der Waals surface area contributed by atoms with Crippen molar-refractivity contribution in [2.24, 2.45) is 0 Å². The molecule has 0 N–H and O–H groups in total. The highest BCUT2D eigenvalue weighted by molar-refractivity contribution is 6.10. The molecule has 0 radical (unpaired) electrons. The van der Waals surface area contributed by atoms with Gasteiger partial charge in [-0.2, -0.15) is 0 Å². The topological polar surface area (TPSA) is 8.17 Å². The van der Waals surface area contributed by atoms with Gasteiger partial charge in [-0.05, 0) is 174 Å². The number of hydrogen-bond acceptors (Lipinski definition) is 1. The molecular weight excluding hydrogens is 953 g/mol. The van der Waals surface area contributed by atoms with Gasteiger partial charge in [-0.1, -0.05) is 231 Å². The fraction of sp³-hybridized carbons (Fsp3) is 0.0130. The van der Waals surface area contributed by atoms with E-state index >= 15 is 0 Å². The average molecular weight is 1010 g/mol. The number of rotatable bonds is 10. The Morgan fingerprint density at radius 3 is 1.37 bits per heavy atom. The van der Waals surface area contributed by atoms with E-state index in [1.807, 2.05) is 0 Å². The number of para-hydroxylation sites is 2. The van der Waals surface area contributed by atoms with E-state index in [1.165, 1.54) is 110 Å². The first-order valence-electron chi connectivity index (χ1n) is 27.3. The molecule has 0 fully saturated rings. The van der Waals surface area contributed by atoms with Crippen molar-refractivity contribution in [3.63, 3.8) is 0 Å². The Bertz CT molecular complexity index is 4520. The number of anilines is 3. The summed E-state index contributed by atoms with van der Waals surface area (Å²) in [6, 6.07) is 116. The maximum absolute atomic E-state index is 2.45. The monoisotopic (exact) mass is 1000 g/mol. The molecule has 0 aliphatic heterocycles. The van der Waals surface area contributed by atoms with Gasteiger partial charge in [0.2, 0.25) is 0 Å². The van der Waals surface area contributed by atoms with Gasteiger partial charge in [-0.3, -0.25) is 0 Å². The van der Waals surface area contributed by atoms with E-state index in [9.17, 15) is 0 Å². The van der Waals surface area contributed by atoms with Gasteiger partial charge in [0.25, 0.3) is 0 Å². The molecule has 0 atom stereocenters. The highest BCUT2D eigenvalue weighted by atomic mass is 15.1. The molecule has 1 heterocycles. The standard InChI is InChI=1S/C77H52N2/c1-4-21-63(22-5-1)77(64-23-6-2-7-24-64)73-29-14-12-27-69(73)70-47-39-62(52-74(70)77)56-37-45-68(46-38-56)78(66-41-33-54(34-42-66)58-19-16-20-59(49-58)60-32-31-53-17-10-11-18-57(53)50-60)67-43-35-55(36-44-67)61-40-48-76-72(51-61)71-28-13-15-30-75(71)79(76)65-25-8-3-9-26-65/h1-52H. The molecule has 0 spiro atoms. The molecule has 0 unspecified atom stereocenters. The number of hydrogen-bond donors (Lipinski definition) is 0. The van der Waals surface area contributed by atoms with E-state index in [0.29, 0.717) is 0 Å². The van der Waals surface area contributed by atoms with Crippen LogP contribution < -0.4 is 4.90 Å². The quantitative estimate of drug-likeness (QED) is 0.133. The predicted octanol–water partition coefficient (Wildman–Crippen LogP) is 20.4. The molecule has 15 rings (SSSR count). The smallest absolute Gasteiger partial charge is 0.0713 e. The second-order valence-electron chi connectivity index (χ2n) is 20.8. The molecular formula is C77H52N2. The molecule has 2 nitrogen and oxygen atoms in total. The molecule has 14 aromatic rings. The maximum atomic E-state index is 2.45. The van der Waals surface area contributed by atoms with Crippen LogP contribution in [0.15, 0.2) is 315 Å². The molecule has 79 heavy (non-hydrogen) atoms. The number of fused-ring (bicyclic) bond motifs is 7. The van der Waals surface area contributed by atoms with Crippen LogP contribution in [0.2, 0.25) is 0 Å². The zero-order valence-electron chi connectivity index (χ0n) is 43.4. The van der Waals surface area contributed by atoms with Crippen molar-refractivity contribution >= 4 is 49.6 Å². The van der Waals surface area contributed by atoms with Crippen LogP contribution >= 0.6 is 0 Å². The lowest BCUT2D eigenvalue weighted by atomic mass is 9.67. The summed E-state index contributed by atoms with van der Waals surface area (Å²) in [5, 5.41) is 4.98. The molecule has 1 aliphatic rings. The van der Waals surface area contributed by atoms with E-state index in [0.717, 1.165) is 22.7 Å². The third-order valence-corrected chi connectivity index (χ3v) is 16.5. The first-order valence-corrected chi connectivity index (χ1v) is 27.3. The molecule has 1 aliphatic carbocycles. The Morgan fingerprint density at radius 1 is 0.253 bits per heavy atom. The Labute approximate surface area is 461 Å². The SMILES string of the molecule is c1ccc(-n2c3ccccc3c3cc(-c4ccc(N(c5ccc(-c6cccc(-c7ccc8ccccc8c7)c6)cc5)c5ccc(-c6ccc7c(c6)C(c6ccccc6)(c6ccccc6)c6ccccc6-7)cc5)cc4)ccc32)cc1. The lowest BCUT2D eigenvalue weighted by Gasteiger charge is -2.34. The third kappa shape index (κ3) is 7.79. The van der Waals surface area contributed by atoms with E-state index in [2.05, 4.69) is 325 Å². The van der Waals surface area contributed by atoms with Crippen LogP contribution in [0, 0.1) is 0 Å². The molecule has 13 aromatic carbocycles. The first kappa shape index (κ1) is 46.1. The van der Waals surface area contributed by atoms with Gasteiger partial charge in [0.05, 0.1) is 16.4 Å². The predicted molar refractivity (Wildman–Crippen MR) is 332 cm³/mol. The number of nitrogens with zero attached hydrogens (tertiary/aromatic N) is 2. The summed E-state index contributed by atoms with van der Waals surface area (Å²) in [6.45, 7) is 0. The van der Waals surface area contributed by atoms with E-state index in [-0.39, 0.29) is 0 Å². The number of aromatic nitrogens is 1. The fourth-order valence-corrected chi connectivity index (χ4v) is 12.7. The van der Waals surface area contributed by atoms with Crippen LogP contribution in [0.25, 0.3) is 93.9 Å². The van der Waals surface area contributed by atoms with Crippen LogP contribution in [0.3, 0.4) is 0 Å². The first-order chi connectivity index (χ1) is 39.2. The molecule has 0 bridgehead atoms. The summed E-state index contributed by atoms with van der Waals surface area (Å²) < 4.78 is 2.37. The minimum absolute atomic E-state index is 0.468. The lowest BCUT2D eigenvalue weighted by Crippen LogP contribution is -2.28. The summed E-state index contributed by atoms with van der Waals surface area (Å²) in [6.07, 6.45) is 0. The van der Waals surface area contributed by atoms with E-state index in [1.54, 1.807) is 0 Å². The molecule has 370 valence electrons. The average Bonchev–Trinajstić information content (AvgIpc) is 4.06. The Hall–Kier alpha value is -10.3. The summed E-state index contributed by atoms with van der Waals surface area (Å²) in [7, 11) is 0. The van der Waals surface area contributed by atoms with Crippen molar-refractivity contribution in [1.29, 1.82) is 0 Å². The van der Waals surface area contributed by atoms with Crippen LogP contribution in [-0.2, 0) is 5.41 Å². The van der Waals surface area contributed by atoms with Crippen LogP contribution in [-0.4, -0.2) is 4.57 Å².